The van der Waals surface area contributed by atoms with E-state index in [1.165, 1.54) is 0 Å². The second kappa shape index (κ2) is 6.90. The number of hydrogen-bond donors (Lipinski definition) is 0. The lowest BCUT2D eigenvalue weighted by atomic mass is 10.2. The topological polar surface area (TPSA) is 52.8 Å². The van der Waals surface area contributed by atoms with Crippen LogP contribution < -0.4 is 4.74 Å². The number of benzene rings is 2. The summed E-state index contributed by atoms with van der Waals surface area (Å²) in [6.07, 6.45) is 0. The molecule has 0 aliphatic rings. The van der Waals surface area contributed by atoms with Gasteiger partial charge >= 0.3 is 0 Å². The molecule has 0 N–H and O–H groups in total. The van der Waals surface area contributed by atoms with Crippen LogP contribution in [-0.4, -0.2) is 27.1 Å². The van der Waals surface area contributed by atoms with Gasteiger partial charge in [0.25, 0.3) is 0 Å². The zero-order valence-corrected chi connectivity index (χ0v) is 15.8. The third-order valence-electron chi connectivity index (χ3n) is 4.04. The first-order chi connectivity index (χ1) is 12.7. The summed E-state index contributed by atoms with van der Waals surface area (Å²) in [5.74, 6) is 0.824. The Balaban J connectivity index is 1.68. The van der Waals surface area contributed by atoms with Crippen molar-refractivity contribution in [3.63, 3.8) is 0 Å². The molecule has 26 heavy (non-hydrogen) atoms. The third kappa shape index (κ3) is 3.09. The summed E-state index contributed by atoms with van der Waals surface area (Å²) < 4.78 is 6.97. The highest BCUT2D eigenvalue weighted by atomic mass is 35.5. The van der Waals surface area contributed by atoms with Crippen LogP contribution in [0.15, 0.2) is 53.9 Å². The van der Waals surface area contributed by atoms with E-state index in [1.54, 1.807) is 23.1 Å². The van der Waals surface area contributed by atoms with Crippen LogP contribution in [-0.2, 0) is 0 Å². The number of thiazole rings is 1. The molecule has 7 heteroatoms. The molecular weight excluding hydrogens is 368 g/mol. The van der Waals surface area contributed by atoms with E-state index >= 15 is 0 Å². The normalized spacial score (nSPS) is 10.9. The molecule has 0 aliphatic carbocycles. The van der Waals surface area contributed by atoms with Crippen molar-refractivity contribution in [1.29, 1.82) is 0 Å². The molecule has 130 valence electrons. The maximum Gasteiger partial charge on any atom is 0.146 e. The summed E-state index contributed by atoms with van der Waals surface area (Å²) in [5.41, 5.74) is 4.51. The molecule has 0 saturated heterocycles. The Morgan fingerprint density at radius 1 is 1.12 bits per heavy atom. The van der Waals surface area contributed by atoms with Crippen LogP contribution in [0.1, 0.15) is 5.69 Å². The summed E-state index contributed by atoms with van der Waals surface area (Å²) in [6.45, 7) is 1.98. The van der Waals surface area contributed by atoms with Crippen molar-refractivity contribution in [2.75, 3.05) is 7.11 Å². The Bertz CT molecular complexity index is 1060. The van der Waals surface area contributed by atoms with Crippen molar-refractivity contribution in [3.05, 3.63) is 64.6 Å². The van der Waals surface area contributed by atoms with Gasteiger partial charge in [0, 0.05) is 16.0 Å². The van der Waals surface area contributed by atoms with Gasteiger partial charge in [0.1, 0.15) is 16.5 Å². The zero-order valence-electron chi connectivity index (χ0n) is 14.2. The van der Waals surface area contributed by atoms with Crippen LogP contribution in [0.3, 0.4) is 0 Å². The van der Waals surface area contributed by atoms with E-state index in [4.69, 9.17) is 21.3 Å². The monoisotopic (exact) mass is 382 g/mol. The summed E-state index contributed by atoms with van der Waals surface area (Å²) >= 11 is 7.63. The first-order valence-electron chi connectivity index (χ1n) is 7.94. The van der Waals surface area contributed by atoms with Gasteiger partial charge in [-0.25, -0.2) is 9.67 Å². The smallest absolute Gasteiger partial charge is 0.146 e. The minimum absolute atomic E-state index is 0.662. The number of methoxy groups -OCH3 is 1. The van der Waals surface area contributed by atoms with Crippen molar-refractivity contribution < 1.29 is 4.74 Å². The van der Waals surface area contributed by atoms with Crippen LogP contribution in [0.5, 0.6) is 5.75 Å². The number of ether oxygens (including phenoxy) is 1. The molecule has 0 radical (unpaired) electrons. The molecule has 4 rings (SSSR count). The van der Waals surface area contributed by atoms with E-state index in [0.717, 1.165) is 39.1 Å². The molecule has 0 fully saturated rings. The highest BCUT2D eigenvalue weighted by Gasteiger charge is 2.16. The van der Waals surface area contributed by atoms with Gasteiger partial charge in [0.2, 0.25) is 0 Å². The Morgan fingerprint density at radius 2 is 1.92 bits per heavy atom. The lowest BCUT2D eigenvalue weighted by Crippen LogP contribution is -1.98. The quantitative estimate of drug-likeness (QED) is 0.496. The summed E-state index contributed by atoms with van der Waals surface area (Å²) in [4.78, 5) is 4.73. The molecule has 4 aromatic rings. The second-order valence-corrected chi connectivity index (χ2v) is 6.98. The molecule has 0 bridgehead atoms. The van der Waals surface area contributed by atoms with Crippen molar-refractivity contribution in [2.45, 2.75) is 6.92 Å². The number of halogens is 1. The third-order valence-corrected chi connectivity index (χ3v) is 5.12. The number of hydrogen-bond acceptors (Lipinski definition) is 5. The van der Waals surface area contributed by atoms with E-state index in [1.807, 2.05) is 60.8 Å². The van der Waals surface area contributed by atoms with Crippen molar-refractivity contribution in [1.82, 2.24) is 20.0 Å². The molecule has 2 aromatic carbocycles. The van der Waals surface area contributed by atoms with Gasteiger partial charge in [0.05, 0.1) is 24.2 Å². The minimum Gasteiger partial charge on any atom is -0.497 e. The maximum atomic E-state index is 6.08. The molecule has 2 aromatic heterocycles. The predicted octanol–water partition coefficient (Wildman–Crippen LogP) is 5.03. The average molecular weight is 383 g/mol. The van der Waals surface area contributed by atoms with Gasteiger partial charge < -0.3 is 4.74 Å². The SMILES string of the molecule is COc1ccc(-c2csc(-c3nnn(-c4cccc(Cl)c4)c3C)n2)cc1. The zero-order chi connectivity index (χ0) is 18.1. The number of rotatable bonds is 4. The highest BCUT2D eigenvalue weighted by Crippen LogP contribution is 2.31. The number of nitrogens with zero attached hydrogens (tertiary/aromatic N) is 4. The maximum absolute atomic E-state index is 6.08. The van der Waals surface area contributed by atoms with Crippen molar-refractivity contribution in [2.24, 2.45) is 0 Å². The lowest BCUT2D eigenvalue weighted by Gasteiger charge is -2.03. The van der Waals surface area contributed by atoms with E-state index in [2.05, 4.69) is 10.3 Å². The Morgan fingerprint density at radius 3 is 2.65 bits per heavy atom. The minimum atomic E-state index is 0.662. The first kappa shape index (κ1) is 16.8. The van der Waals surface area contributed by atoms with Gasteiger partial charge in [-0.3, -0.25) is 0 Å². The Hall–Kier alpha value is -2.70. The number of aromatic nitrogens is 4. The van der Waals surface area contributed by atoms with Crippen molar-refractivity contribution in [3.8, 4) is 33.4 Å². The van der Waals surface area contributed by atoms with Crippen LogP contribution in [0, 0.1) is 6.92 Å². The molecule has 0 unspecified atom stereocenters. The van der Waals surface area contributed by atoms with Crippen molar-refractivity contribution >= 4 is 22.9 Å². The Kier molecular flexibility index (Phi) is 4.44. The van der Waals surface area contributed by atoms with Crippen LogP contribution in [0.25, 0.3) is 27.6 Å². The molecule has 0 amide bonds. The molecule has 0 saturated carbocycles. The fraction of sp³-hybridized carbons (Fsp3) is 0.105. The summed E-state index contributed by atoms with van der Waals surface area (Å²) in [5, 5.41) is 12.1. The fourth-order valence-corrected chi connectivity index (χ4v) is 3.70. The van der Waals surface area contributed by atoms with Crippen LogP contribution in [0.4, 0.5) is 0 Å². The van der Waals surface area contributed by atoms with Gasteiger partial charge in [-0.05, 0) is 49.4 Å². The van der Waals surface area contributed by atoms with Gasteiger partial charge in [0.15, 0.2) is 0 Å². The Labute approximate surface area is 159 Å². The van der Waals surface area contributed by atoms with Crippen LogP contribution in [0.2, 0.25) is 5.02 Å². The molecule has 2 heterocycles. The lowest BCUT2D eigenvalue weighted by molar-refractivity contribution is 0.415. The van der Waals surface area contributed by atoms with Gasteiger partial charge in [-0.15, -0.1) is 16.4 Å². The fourth-order valence-electron chi connectivity index (χ4n) is 2.66. The second-order valence-electron chi connectivity index (χ2n) is 5.68. The van der Waals surface area contributed by atoms with E-state index in [-0.39, 0.29) is 0 Å². The highest BCUT2D eigenvalue weighted by molar-refractivity contribution is 7.13. The molecule has 0 atom stereocenters. The van der Waals surface area contributed by atoms with Gasteiger partial charge in [-0.2, -0.15) is 0 Å². The molecular formula is C19H15ClN4OS. The summed E-state index contributed by atoms with van der Waals surface area (Å²) in [6, 6.07) is 15.4. The molecule has 0 aliphatic heterocycles. The molecule has 0 spiro atoms. The van der Waals surface area contributed by atoms with E-state index in [9.17, 15) is 0 Å². The average Bonchev–Trinajstić information content (AvgIpc) is 3.28. The van der Waals surface area contributed by atoms with E-state index in [0.29, 0.717) is 5.02 Å². The largest absolute Gasteiger partial charge is 0.497 e. The first-order valence-corrected chi connectivity index (χ1v) is 9.20. The summed E-state index contributed by atoms with van der Waals surface area (Å²) in [7, 11) is 1.65. The van der Waals surface area contributed by atoms with Gasteiger partial charge in [-0.1, -0.05) is 22.9 Å². The predicted molar refractivity (Wildman–Crippen MR) is 104 cm³/mol. The van der Waals surface area contributed by atoms with E-state index < -0.39 is 0 Å². The van der Waals surface area contributed by atoms with Crippen LogP contribution >= 0.6 is 22.9 Å². The molecule has 5 nitrogen and oxygen atoms in total. The standard InChI is InChI=1S/C19H15ClN4OS/c1-12-18(22-23-24(12)15-5-3-4-14(20)10-15)19-21-17(11-26-19)13-6-8-16(25-2)9-7-13/h3-11H,1-2H3.